The number of hydrogen-bond acceptors (Lipinski definition) is 3. The number of thioether (sulfide) groups is 1. The second-order valence-electron chi connectivity index (χ2n) is 5.73. The number of piperidine rings is 1. The van der Waals surface area contributed by atoms with Crippen LogP contribution in [0.15, 0.2) is 0 Å². The van der Waals surface area contributed by atoms with Crippen LogP contribution in [0.5, 0.6) is 0 Å². The molecule has 18 heavy (non-hydrogen) atoms. The Balaban J connectivity index is 1.62. The lowest BCUT2D eigenvalue weighted by atomic mass is 9.85. The predicted octanol–water partition coefficient (Wildman–Crippen LogP) is 2.02. The van der Waals surface area contributed by atoms with Gasteiger partial charge in [0.1, 0.15) is 0 Å². The lowest BCUT2D eigenvalue weighted by Crippen LogP contribution is -2.36. The van der Waals surface area contributed by atoms with Gasteiger partial charge < -0.3 is 10.6 Å². The fourth-order valence-corrected chi connectivity index (χ4v) is 4.13. The summed E-state index contributed by atoms with van der Waals surface area (Å²) in [5.41, 5.74) is 0. The number of carbonyl (C=O) groups is 1. The van der Waals surface area contributed by atoms with Crippen molar-refractivity contribution >= 4 is 17.7 Å². The normalized spacial score (nSPS) is 30.1. The average molecular weight is 270 g/mol. The zero-order chi connectivity index (χ0) is 12.8. The molecule has 3 unspecified atom stereocenters. The Bertz CT molecular complexity index is 261. The Morgan fingerprint density at radius 2 is 2.33 bits per heavy atom. The van der Waals surface area contributed by atoms with Gasteiger partial charge in [-0.15, -0.1) is 0 Å². The summed E-state index contributed by atoms with van der Waals surface area (Å²) in [7, 11) is 0. The van der Waals surface area contributed by atoms with E-state index in [4.69, 9.17) is 0 Å². The molecule has 1 amide bonds. The Hall–Kier alpha value is -0.220. The minimum atomic E-state index is 0.251. The highest BCUT2D eigenvalue weighted by Crippen LogP contribution is 2.25. The Morgan fingerprint density at radius 3 is 3.00 bits per heavy atom. The summed E-state index contributed by atoms with van der Waals surface area (Å²) < 4.78 is 0. The van der Waals surface area contributed by atoms with Gasteiger partial charge >= 0.3 is 0 Å². The van der Waals surface area contributed by atoms with Gasteiger partial charge in [-0.25, -0.2) is 0 Å². The summed E-state index contributed by atoms with van der Waals surface area (Å²) >= 11 is 2.01. The number of rotatable bonds is 5. The maximum Gasteiger partial charge on any atom is 0.220 e. The first-order valence-electron chi connectivity index (χ1n) is 7.34. The van der Waals surface area contributed by atoms with Crippen LogP contribution in [0.1, 0.15) is 39.0 Å². The highest BCUT2D eigenvalue weighted by atomic mass is 32.2. The number of hydrogen-bond donors (Lipinski definition) is 2. The molecule has 2 saturated heterocycles. The first-order valence-corrected chi connectivity index (χ1v) is 8.39. The molecule has 2 N–H and O–H groups in total. The molecule has 4 heteroatoms. The second kappa shape index (κ2) is 7.39. The van der Waals surface area contributed by atoms with Crippen molar-refractivity contribution in [2.75, 3.05) is 25.4 Å². The lowest BCUT2D eigenvalue weighted by molar-refractivity contribution is -0.122. The van der Waals surface area contributed by atoms with E-state index < -0.39 is 0 Å². The molecule has 2 aliphatic rings. The smallest absolute Gasteiger partial charge is 0.220 e. The summed E-state index contributed by atoms with van der Waals surface area (Å²) in [6.45, 7) is 5.34. The fraction of sp³-hybridized carbons (Fsp3) is 0.929. The lowest BCUT2D eigenvalue weighted by Gasteiger charge is -2.28. The molecule has 104 valence electrons. The van der Waals surface area contributed by atoms with E-state index in [9.17, 15) is 4.79 Å². The largest absolute Gasteiger partial charge is 0.355 e. The zero-order valence-electron chi connectivity index (χ0n) is 11.4. The maximum absolute atomic E-state index is 11.9. The second-order valence-corrected chi connectivity index (χ2v) is 7.14. The fourth-order valence-electron chi connectivity index (χ4n) is 2.93. The van der Waals surface area contributed by atoms with Crippen LogP contribution < -0.4 is 10.6 Å². The van der Waals surface area contributed by atoms with Crippen LogP contribution in [0.4, 0.5) is 0 Å². The third kappa shape index (κ3) is 4.47. The van der Waals surface area contributed by atoms with E-state index in [0.717, 1.165) is 19.6 Å². The Kier molecular flexibility index (Phi) is 5.83. The maximum atomic E-state index is 11.9. The van der Waals surface area contributed by atoms with Gasteiger partial charge in [0.15, 0.2) is 0 Å². The molecule has 3 atom stereocenters. The highest BCUT2D eigenvalue weighted by molar-refractivity contribution is 8.00. The van der Waals surface area contributed by atoms with E-state index in [-0.39, 0.29) is 5.91 Å². The molecule has 3 nitrogen and oxygen atoms in total. The first kappa shape index (κ1) is 14.2. The van der Waals surface area contributed by atoms with Crippen LogP contribution in [0.2, 0.25) is 0 Å². The third-order valence-corrected chi connectivity index (χ3v) is 5.60. The van der Waals surface area contributed by atoms with Crippen molar-refractivity contribution in [1.29, 1.82) is 0 Å². The molecular weight excluding hydrogens is 244 g/mol. The van der Waals surface area contributed by atoms with Crippen molar-refractivity contribution in [3.8, 4) is 0 Å². The van der Waals surface area contributed by atoms with Crippen LogP contribution in [-0.4, -0.2) is 36.5 Å². The SMILES string of the molecule is CC(CC(=O)NCC1CCCS1)C1CCCNC1. The van der Waals surface area contributed by atoms with Crippen LogP contribution in [0.25, 0.3) is 0 Å². The summed E-state index contributed by atoms with van der Waals surface area (Å²) in [4.78, 5) is 11.9. The van der Waals surface area contributed by atoms with Crippen molar-refractivity contribution in [1.82, 2.24) is 10.6 Å². The zero-order valence-corrected chi connectivity index (χ0v) is 12.2. The van der Waals surface area contributed by atoms with Gasteiger partial charge in [0.2, 0.25) is 5.91 Å². The molecule has 2 rings (SSSR count). The van der Waals surface area contributed by atoms with Gasteiger partial charge in [0.25, 0.3) is 0 Å². The summed E-state index contributed by atoms with van der Waals surface area (Å²) in [6.07, 6.45) is 5.82. The van der Waals surface area contributed by atoms with E-state index in [2.05, 4.69) is 17.6 Å². The van der Waals surface area contributed by atoms with Gasteiger partial charge in [-0.3, -0.25) is 4.79 Å². The Labute approximate surface area is 115 Å². The third-order valence-electron chi connectivity index (χ3n) is 4.20. The topological polar surface area (TPSA) is 41.1 Å². The average Bonchev–Trinajstić information content (AvgIpc) is 2.90. The first-order chi connectivity index (χ1) is 8.75. The monoisotopic (exact) mass is 270 g/mol. The number of nitrogens with one attached hydrogen (secondary N) is 2. The number of amides is 1. The van der Waals surface area contributed by atoms with Gasteiger partial charge in [-0.1, -0.05) is 6.92 Å². The van der Waals surface area contributed by atoms with E-state index >= 15 is 0 Å². The number of carbonyl (C=O) groups excluding carboxylic acids is 1. The Morgan fingerprint density at radius 1 is 1.44 bits per heavy atom. The highest BCUT2D eigenvalue weighted by Gasteiger charge is 2.22. The molecule has 2 fully saturated rings. The van der Waals surface area contributed by atoms with Gasteiger partial charge in [0.05, 0.1) is 0 Å². The summed E-state index contributed by atoms with van der Waals surface area (Å²) in [6, 6.07) is 0. The quantitative estimate of drug-likeness (QED) is 0.803. The molecule has 0 aliphatic carbocycles. The van der Waals surface area contributed by atoms with Crippen molar-refractivity contribution < 1.29 is 4.79 Å². The summed E-state index contributed by atoms with van der Waals surface area (Å²) in [5.74, 6) is 2.71. The molecule has 0 aromatic carbocycles. The van der Waals surface area contributed by atoms with Gasteiger partial charge in [-0.2, -0.15) is 11.8 Å². The van der Waals surface area contributed by atoms with Crippen molar-refractivity contribution in [2.24, 2.45) is 11.8 Å². The molecule has 0 saturated carbocycles. The van der Waals surface area contributed by atoms with Crippen LogP contribution in [0, 0.1) is 11.8 Å². The van der Waals surface area contributed by atoms with Crippen molar-refractivity contribution in [3.63, 3.8) is 0 Å². The molecule has 0 aromatic heterocycles. The molecule has 0 aromatic rings. The van der Waals surface area contributed by atoms with Crippen LogP contribution >= 0.6 is 11.8 Å². The van der Waals surface area contributed by atoms with Crippen molar-refractivity contribution in [2.45, 2.75) is 44.3 Å². The molecule has 0 bridgehead atoms. The van der Waals surface area contributed by atoms with E-state index in [1.165, 1.54) is 31.4 Å². The van der Waals surface area contributed by atoms with Crippen molar-refractivity contribution in [3.05, 3.63) is 0 Å². The molecular formula is C14H26N2OS. The minimum Gasteiger partial charge on any atom is -0.355 e. The summed E-state index contributed by atoms with van der Waals surface area (Å²) in [5, 5.41) is 7.21. The van der Waals surface area contributed by atoms with Gasteiger partial charge in [0, 0.05) is 18.2 Å². The molecule has 2 aliphatic heterocycles. The molecule has 0 spiro atoms. The standard InChI is InChI=1S/C14H26N2OS/c1-11(12-4-2-6-15-9-12)8-14(17)16-10-13-5-3-7-18-13/h11-13,15H,2-10H2,1H3,(H,16,17). The van der Waals surface area contributed by atoms with Crippen LogP contribution in [-0.2, 0) is 4.79 Å². The van der Waals surface area contributed by atoms with Gasteiger partial charge in [-0.05, 0) is 56.4 Å². The van der Waals surface area contributed by atoms with E-state index in [0.29, 0.717) is 23.5 Å². The molecule has 0 radical (unpaired) electrons. The van der Waals surface area contributed by atoms with Crippen LogP contribution in [0.3, 0.4) is 0 Å². The van der Waals surface area contributed by atoms with E-state index in [1.54, 1.807) is 0 Å². The minimum absolute atomic E-state index is 0.251. The molecule has 2 heterocycles. The van der Waals surface area contributed by atoms with E-state index in [1.807, 2.05) is 11.8 Å². The predicted molar refractivity (Wildman–Crippen MR) is 77.9 cm³/mol.